The van der Waals surface area contributed by atoms with Crippen LogP contribution in [0.2, 0.25) is 0 Å². The molecule has 0 atom stereocenters. The van der Waals surface area contributed by atoms with Gasteiger partial charge in [-0.1, -0.05) is 6.07 Å². The average molecular weight is 438 g/mol. The highest BCUT2D eigenvalue weighted by atomic mass is 19.4. The maximum Gasteiger partial charge on any atom is 0.573 e. The van der Waals surface area contributed by atoms with E-state index >= 15 is 0 Å². The van der Waals surface area contributed by atoms with Crippen LogP contribution in [0.15, 0.2) is 24.3 Å². The number of ether oxygens (including phenoxy) is 3. The predicted molar refractivity (Wildman–Crippen MR) is 108 cm³/mol. The zero-order chi connectivity index (χ0) is 23.0. The Bertz CT molecular complexity index is 996. The molecule has 0 aliphatic carbocycles. The number of alkyl halides is 3. The van der Waals surface area contributed by atoms with E-state index in [1.165, 1.54) is 12.1 Å². The Balaban J connectivity index is 1.84. The summed E-state index contributed by atoms with van der Waals surface area (Å²) in [6.45, 7) is 7.49. The first kappa shape index (κ1) is 22.8. The first-order valence-corrected chi connectivity index (χ1v) is 9.89. The standard InChI is InChI=1S/C23H25F3O5/c1-13-14(2)19(7-5-15(13)6-8-20(27)28)29-12-17-10-18(30-23(24,25)26)9-16-11-22(3,4)31-21(16)17/h5,7,9-10H,6,8,11-12H2,1-4H3,(H,27,28). The lowest BCUT2D eigenvalue weighted by molar-refractivity contribution is -0.274. The van der Waals surface area contributed by atoms with Crippen molar-refractivity contribution in [3.63, 3.8) is 0 Å². The molecule has 2 aromatic rings. The quantitative estimate of drug-likeness (QED) is 0.617. The van der Waals surface area contributed by atoms with Crippen molar-refractivity contribution in [1.82, 2.24) is 0 Å². The number of halogens is 3. The third-order valence-electron chi connectivity index (χ3n) is 5.29. The molecule has 0 bridgehead atoms. The number of hydrogen-bond donors (Lipinski definition) is 1. The summed E-state index contributed by atoms with van der Waals surface area (Å²) >= 11 is 0. The number of benzene rings is 2. The van der Waals surface area contributed by atoms with Crippen LogP contribution in [0.1, 0.15) is 48.1 Å². The van der Waals surface area contributed by atoms with Gasteiger partial charge in [0.25, 0.3) is 0 Å². The van der Waals surface area contributed by atoms with Crippen LogP contribution in [0.3, 0.4) is 0 Å². The molecule has 0 radical (unpaired) electrons. The number of hydrogen-bond acceptors (Lipinski definition) is 4. The minimum atomic E-state index is -4.79. The van der Waals surface area contributed by atoms with Crippen molar-refractivity contribution in [3.8, 4) is 17.2 Å². The molecule has 5 nitrogen and oxygen atoms in total. The molecule has 2 aromatic carbocycles. The van der Waals surface area contributed by atoms with Gasteiger partial charge in [0.15, 0.2) is 0 Å². The second-order valence-corrected chi connectivity index (χ2v) is 8.31. The maximum atomic E-state index is 12.8. The van der Waals surface area contributed by atoms with E-state index in [1.807, 2.05) is 33.8 Å². The largest absolute Gasteiger partial charge is 0.573 e. The molecule has 0 saturated heterocycles. The van der Waals surface area contributed by atoms with Crippen LogP contribution in [0.4, 0.5) is 13.2 Å². The highest BCUT2D eigenvalue weighted by Gasteiger charge is 2.35. The summed E-state index contributed by atoms with van der Waals surface area (Å²) in [6, 6.07) is 6.21. The van der Waals surface area contributed by atoms with E-state index in [1.54, 1.807) is 6.07 Å². The van der Waals surface area contributed by atoms with Gasteiger partial charge in [-0.3, -0.25) is 4.79 Å². The van der Waals surface area contributed by atoms with Crippen LogP contribution in [0.25, 0.3) is 0 Å². The van der Waals surface area contributed by atoms with Gasteiger partial charge < -0.3 is 19.3 Å². The molecule has 168 valence electrons. The lowest BCUT2D eigenvalue weighted by Gasteiger charge is -2.19. The number of carboxylic acid groups (broad SMARTS) is 1. The molecule has 0 unspecified atom stereocenters. The van der Waals surface area contributed by atoms with Crippen molar-refractivity contribution in [2.24, 2.45) is 0 Å². The molecular formula is C23H25F3O5. The third kappa shape index (κ3) is 5.62. The van der Waals surface area contributed by atoms with Crippen molar-refractivity contribution in [3.05, 3.63) is 52.1 Å². The van der Waals surface area contributed by atoms with Crippen LogP contribution in [-0.4, -0.2) is 23.0 Å². The van der Waals surface area contributed by atoms with Gasteiger partial charge in [0, 0.05) is 24.0 Å². The molecule has 1 N–H and O–H groups in total. The van der Waals surface area contributed by atoms with E-state index in [9.17, 15) is 18.0 Å². The Hall–Kier alpha value is -2.90. The Morgan fingerprint density at radius 3 is 2.52 bits per heavy atom. The van der Waals surface area contributed by atoms with E-state index in [-0.39, 0.29) is 18.8 Å². The Morgan fingerprint density at radius 2 is 1.87 bits per heavy atom. The monoisotopic (exact) mass is 438 g/mol. The zero-order valence-corrected chi connectivity index (χ0v) is 17.9. The van der Waals surface area contributed by atoms with Crippen LogP contribution >= 0.6 is 0 Å². The van der Waals surface area contributed by atoms with E-state index in [0.29, 0.717) is 35.5 Å². The minimum Gasteiger partial charge on any atom is -0.488 e. The summed E-state index contributed by atoms with van der Waals surface area (Å²) in [5.41, 5.74) is 3.26. The number of carbonyl (C=O) groups is 1. The SMILES string of the molecule is Cc1c(CCC(=O)O)ccc(OCc2cc(OC(F)(F)F)cc3c2OC(C)(C)C3)c1C. The van der Waals surface area contributed by atoms with Crippen molar-refractivity contribution < 1.29 is 37.3 Å². The molecule has 3 rings (SSSR count). The zero-order valence-electron chi connectivity index (χ0n) is 17.9. The van der Waals surface area contributed by atoms with Crippen LogP contribution in [0.5, 0.6) is 17.2 Å². The second-order valence-electron chi connectivity index (χ2n) is 8.31. The lowest BCUT2D eigenvalue weighted by atomic mass is 9.98. The molecule has 0 fully saturated rings. The third-order valence-corrected chi connectivity index (χ3v) is 5.29. The van der Waals surface area contributed by atoms with Gasteiger partial charge in [0.2, 0.25) is 0 Å². The summed E-state index contributed by atoms with van der Waals surface area (Å²) in [6.07, 6.45) is -3.89. The molecule has 31 heavy (non-hydrogen) atoms. The Kier molecular flexibility index (Phi) is 6.11. The summed E-state index contributed by atoms with van der Waals surface area (Å²) in [5, 5.41) is 8.89. The molecule has 0 saturated carbocycles. The summed E-state index contributed by atoms with van der Waals surface area (Å²) in [7, 11) is 0. The summed E-state index contributed by atoms with van der Waals surface area (Å²) < 4.78 is 54.3. The van der Waals surface area contributed by atoms with Crippen molar-refractivity contribution in [2.75, 3.05) is 0 Å². The molecule has 0 aromatic heterocycles. The van der Waals surface area contributed by atoms with Gasteiger partial charge in [-0.15, -0.1) is 13.2 Å². The van der Waals surface area contributed by atoms with E-state index in [4.69, 9.17) is 14.6 Å². The maximum absolute atomic E-state index is 12.8. The summed E-state index contributed by atoms with van der Waals surface area (Å²) in [4.78, 5) is 10.8. The molecule has 1 heterocycles. The van der Waals surface area contributed by atoms with Gasteiger partial charge in [0.05, 0.1) is 0 Å². The highest BCUT2D eigenvalue weighted by Crippen LogP contribution is 2.41. The van der Waals surface area contributed by atoms with E-state index < -0.39 is 17.9 Å². The fourth-order valence-electron chi connectivity index (χ4n) is 3.73. The second kappa shape index (κ2) is 8.32. The number of rotatable bonds is 7. The molecule has 8 heteroatoms. The molecular weight excluding hydrogens is 413 g/mol. The molecule has 1 aliphatic rings. The first-order chi connectivity index (χ1) is 14.3. The molecule has 1 aliphatic heterocycles. The van der Waals surface area contributed by atoms with Crippen LogP contribution in [-0.2, 0) is 24.2 Å². The fourth-order valence-corrected chi connectivity index (χ4v) is 3.73. The fraction of sp³-hybridized carbons (Fsp3) is 0.435. The highest BCUT2D eigenvalue weighted by molar-refractivity contribution is 5.67. The van der Waals surface area contributed by atoms with Gasteiger partial charge in [0.1, 0.15) is 29.5 Å². The van der Waals surface area contributed by atoms with Crippen molar-refractivity contribution >= 4 is 5.97 Å². The van der Waals surface area contributed by atoms with Gasteiger partial charge >= 0.3 is 12.3 Å². The summed E-state index contributed by atoms with van der Waals surface area (Å²) in [5.74, 6) is -0.0742. The first-order valence-electron chi connectivity index (χ1n) is 9.89. The molecule has 0 amide bonds. The number of carboxylic acids is 1. The molecule has 0 spiro atoms. The van der Waals surface area contributed by atoms with Gasteiger partial charge in [-0.05, 0) is 69.0 Å². The van der Waals surface area contributed by atoms with E-state index in [0.717, 1.165) is 16.7 Å². The minimum absolute atomic E-state index is 0.00221. The van der Waals surface area contributed by atoms with Gasteiger partial charge in [-0.25, -0.2) is 0 Å². The number of aryl methyl sites for hydroxylation is 1. The lowest BCUT2D eigenvalue weighted by Crippen LogP contribution is -2.25. The Morgan fingerprint density at radius 1 is 1.16 bits per heavy atom. The number of fused-ring (bicyclic) bond motifs is 1. The van der Waals surface area contributed by atoms with Crippen molar-refractivity contribution in [2.45, 2.75) is 65.5 Å². The topological polar surface area (TPSA) is 65.0 Å². The van der Waals surface area contributed by atoms with Gasteiger partial charge in [-0.2, -0.15) is 0 Å². The average Bonchev–Trinajstić information content (AvgIpc) is 2.94. The smallest absolute Gasteiger partial charge is 0.488 e. The normalized spacial score (nSPS) is 14.7. The van der Waals surface area contributed by atoms with Crippen LogP contribution < -0.4 is 14.2 Å². The van der Waals surface area contributed by atoms with E-state index in [2.05, 4.69) is 4.74 Å². The predicted octanol–water partition coefficient (Wildman–Crippen LogP) is 5.51. The van der Waals surface area contributed by atoms with Crippen LogP contribution in [0, 0.1) is 13.8 Å². The Labute approximate surface area is 178 Å². The van der Waals surface area contributed by atoms with Crippen molar-refractivity contribution in [1.29, 1.82) is 0 Å². The number of aliphatic carboxylic acids is 1.